The van der Waals surface area contributed by atoms with Gasteiger partial charge in [-0.2, -0.15) is 0 Å². The van der Waals surface area contributed by atoms with Crippen molar-refractivity contribution >= 4 is 17.5 Å². The fraction of sp³-hybridized carbons (Fsp3) is 0.476. The third-order valence-corrected chi connectivity index (χ3v) is 5.61. The highest BCUT2D eigenvalue weighted by Gasteiger charge is 2.52. The van der Waals surface area contributed by atoms with Crippen LogP contribution in [0, 0.1) is 0 Å². The van der Waals surface area contributed by atoms with Crippen LogP contribution < -0.4 is 20.3 Å². The zero-order valence-electron chi connectivity index (χ0n) is 16.3. The maximum absolute atomic E-state index is 12.8. The number of carbonyl (C=O) groups excluding carboxylic acids is 1. The van der Waals surface area contributed by atoms with E-state index in [-0.39, 0.29) is 5.91 Å². The number of hydrogen-bond donors (Lipinski definition) is 2. The van der Waals surface area contributed by atoms with E-state index < -0.39 is 5.41 Å². The van der Waals surface area contributed by atoms with Crippen molar-refractivity contribution in [3.63, 3.8) is 0 Å². The summed E-state index contributed by atoms with van der Waals surface area (Å²) in [6, 6.07) is 9.77. The summed E-state index contributed by atoms with van der Waals surface area (Å²) < 4.78 is 5.45. The van der Waals surface area contributed by atoms with Crippen LogP contribution in [0.15, 0.2) is 36.7 Å². The van der Waals surface area contributed by atoms with Gasteiger partial charge in [-0.25, -0.2) is 9.97 Å². The van der Waals surface area contributed by atoms with Crippen LogP contribution in [0.4, 0.5) is 11.6 Å². The van der Waals surface area contributed by atoms with Gasteiger partial charge in [0.2, 0.25) is 5.91 Å². The number of para-hydroxylation sites is 1. The maximum atomic E-state index is 12.8. The summed E-state index contributed by atoms with van der Waals surface area (Å²) in [5, 5.41) is 6.35. The van der Waals surface area contributed by atoms with Gasteiger partial charge in [0.15, 0.2) is 0 Å². The Kier molecular flexibility index (Phi) is 5.32. The lowest BCUT2D eigenvalue weighted by molar-refractivity contribution is -0.123. The molecule has 28 heavy (non-hydrogen) atoms. The number of nitrogens with zero attached hydrogens (tertiary/aromatic N) is 3. The van der Waals surface area contributed by atoms with Crippen LogP contribution in [-0.4, -0.2) is 49.2 Å². The van der Waals surface area contributed by atoms with Crippen molar-refractivity contribution < 1.29 is 9.53 Å². The van der Waals surface area contributed by atoms with E-state index in [2.05, 4.69) is 25.5 Å². The minimum Gasteiger partial charge on any atom is -0.496 e. The largest absolute Gasteiger partial charge is 0.496 e. The van der Waals surface area contributed by atoms with E-state index in [0.717, 1.165) is 48.9 Å². The molecule has 7 heteroatoms. The van der Waals surface area contributed by atoms with Crippen molar-refractivity contribution in [3.05, 3.63) is 42.2 Å². The van der Waals surface area contributed by atoms with Gasteiger partial charge < -0.3 is 20.3 Å². The fourth-order valence-corrected chi connectivity index (χ4v) is 3.88. The summed E-state index contributed by atoms with van der Waals surface area (Å²) in [6.07, 6.45) is 5.74. The summed E-state index contributed by atoms with van der Waals surface area (Å²) in [6.45, 7) is 3.26. The molecule has 0 bridgehead atoms. The van der Waals surface area contributed by atoms with Crippen LogP contribution in [0.25, 0.3) is 0 Å². The molecule has 0 radical (unpaired) electrons. The monoisotopic (exact) mass is 381 g/mol. The summed E-state index contributed by atoms with van der Waals surface area (Å²) in [7, 11) is 1.65. The number of benzene rings is 1. The lowest BCUT2D eigenvalue weighted by atomic mass is 9.94. The van der Waals surface area contributed by atoms with Crippen LogP contribution in [-0.2, 0) is 10.2 Å². The second-order valence-corrected chi connectivity index (χ2v) is 7.42. The third-order valence-electron chi connectivity index (χ3n) is 5.61. The quantitative estimate of drug-likeness (QED) is 0.684. The zero-order valence-corrected chi connectivity index (χ0v) is 16.3. The number of rotatable bonds is 8. The van der Waals surface area contributed by atoms with Gasteiger partial charge in [-0.15, -0.1) is 0 Å². The predicted octanol–water partition coefficient (Wildman–Crippen LogP) is 2.35. The lowest BCUT2D eigenvalue weighted by Crippen LogP contribution is -2.37. The Bertz CT molecular complexity index is 831. The van der Waals surface area contributed by atoms with Crippen molar-refractivity contribution in [2.45, 2.75) is 31.1 Å². The molecule has 7 nitrogen and oxygen atoms in total. The Morgan fingerprint density at radius 1 is 1.18 bits per heavy atom. The van der Waals surface area contributed by atoms with Gasteiger partial charge in [-0.1, -0.05) is 18.2 Å². The highest BCUT2D eigenvalue weighted by Crippen LogP contribution is 2.51. The van der Waals surface area contributed by atoms with Crippen LogP contribution in [0.3, 0.4) is 0 Å². The summed E-state index contributed by atoms with van der Waals surface area (Å²) in [5.74, 6) is 2.60. The fourth-order valence-electron chi connectivity index (χ4n) is 3.88. The molecule has 2 heterocycles. The Balaban J connectivity index is 1.30. The van der Waals surface area contributed by atoms with Crippen molar-refractivity contribution in [2.75, 3.05) is 43.5 Å². The highest BCUT2D eigenvalue weighted by molar-refractivity contribution is 5.92. The predicted molar refractivity (Wildman–Crippen MR) is 109 cm³/mol. The molecule has 4 rings (SSSR count). The molecule has 1 aromatic carbocycles. The van der Waals surface area contributed by atoms with Gasteiger partial charge in [-0.05, 0) is 31.7 Å². The average Bonchev–Trinajstić information content (AvgIpc) is 3.37. The van der Waals surface area contributed by atoms with Crippen LogP contribution in [0.2, 0.25) is 0 Å². The van der Waals surface area contributed by atoms with Gasteiger partial charge in [0.25, 0.3) is 0 Å². The summed E-state index contributed by atoms with van der Waals surface area (Å²) >= 11 is 0. The molecule has 1 aromatic heterocycles. The molecule has 148 valence electrons. The Hall–Kier alpha value is -2.83. The lowest BCUT2D eigenvalue weighted by Gasteiger charge is -2.19. The van der Waals surface area contributed by atoms with E-state index >= 15 is 0 Å². The van der Waals surface area contributed by atoms with Crippen molar-refractivity contribution in [1.82, 2.24) is 15.3 Å². The number of hydrogen-bond acceptors (Lipinski definition) is 6. The summed E-state index contributed by atoms with van der Waals surface area (Å²) in [5.41, 5.74) is 0.541. The molecule has 2 fully saturated rings. The van der Waals surface area contributed by atoms with Gasteiger partial charge in [-0.3, -0.25) is 4.79 Å². The summed E-state index contributed by atoms with van der Waals surface area (Å²) in [4.78, 5) is 23.7. The molecule has 1 aliphatic carbocycles. The molecule has 0 spiro atoms. The molecule has 0 unspecified atom stereocenters. The molecule has 1 saturated heterocycles. The van der Waals surface area contributed by atoms with Crippen LogP contribution >= 0.6 is 0 Å². The molecule has 1 aliphatic heterocycles. The third kappa shape index (κ3) is 3.74. The first kappa shape index (κ1) is 18.5. The van der Waals surface area contributed by atoms with E-state index in [4.69, 9.17) is 4.74 Å². The van der Waals surface area contributed by atoms with E-state index in [1.54, 1.807) is 13.4 Å². The first-order valence-corrected chi connectivity index (χ1v) is 9.96. The van der Waals surface area contributed by atoms with Gasteiger partial charge >= 0.3 is 0 Å². The molecular weight excluding hydrogens is 354 g/mol. The molecule has 1 amide bonds. The second-order valence-electron chi connectivity index (χ2n) is 7.42. The van der Waals surface area contributed by atoms with E-state index in [9.17, 15) is 4.79 Å². The number of carbonyl (C=O) groups is 1. The number of anilines is 2. The smallest absolute Gasteiger partial charge is 0.230 e. The topological polar surface area (TPSA) is 79.4 Å². The van der Waals surface area contributed by atoms with Gasteiger partial charge in [0, 0.05) is 37.8 Å². The Morgan fingerprint density at radius 2 is 1.96 bits per heavy atom. The SMILES string of the molecule is COc1ccccc1C1(C(=O)NCCNc2cc(N3CCCC3)ncn2)CC1. The van der Waals surface area contributed by atoms with Crippen molar-refractivity contribution in [3.8, 4) is 5.75 Å². The molecule has 2 N–H and O–H groups in total. The maximum Gasteiger partial charge on any atom is 0.230 e. The molecule has 2 aliphatic rings. The Morgan fingerprint density at radius 3 is 2.71 bits per heavy atom. The minimum absolute atomic E-state index is 0.0687. The van der Waals surface area contributed by atoms with Gasteiger partial charge in [0.1, 0.15) is 23.7 Å². The number of nitrogens with one attached hydrogen (secondary N) is 2. The molecule has 1 saturated carbocycles. The molecule has 0 atom stereocenters. The van der Waals surface area contributed by atoms with E-state index in [0.29, 0.717) is 13.1 Å². The van der Waals surface area contributed by atoms with Crippen molar-refractivity contribution in [1.29, 1.82) is 0 Å². The number of aromatic nitrogens is 2. The second kappa shape index (κ2) is 8.04. The highest BCUT2D eigenvalue weighted by atomic mass is 16.5. The Labute approximate surface area is 165 Å². The first-order valence-electron chi connectivity index (χ1n) is 9.96. The van der Waals surface area contributed by atoms with Crippen LogP contribution in [0.1, 0.15) is 31.2 Å². The minimum atomic E-state index is -0.440. The standard InChI is InChI=1S/C21H27N5O2/c1-28-17-7-3-2-6-16(17)21(8-9-21)20(27)23-11-10-22-18-14-19(25-15-24-18)26-12-4-5-13-26/h2-3,6-7,14-15H,4-5,8-13H2,1H3,(H,23,27)(H,22,24,25). The van der Waals surface area contributed by atoms with Crippen molar-refractivity contribution in [2.24, 2.45) is 0 Å². The molecular formula is C21H27N5O2. The van der Waals surface area contributed by atoms with E-state index in [1.165, 1.54) is 12.8 Å². The number of methoxy groups -OCH3 is 1. The van der Waals surface area contributed by atoms with Gasteiger partial charge in [0.05, 0.1) is 12.5 Å². The number of amides is 1. The molecule has 2 aromatic rings. The number of ether oxygens (including phenoxy) is 1. The normalized spacial score (nSPS) is 17.2. The zero-order chi connectivity index (χ0) is 19.4. The first-order chi connectivity index (χ1) is 13.7. The van der Waals surface area contributed by atoms with Crippen LogP contribution in [0.5, 0.6) is 5.75 Å². The average molecular weight is 381 g/mol. The van der Waals surface area contributed by atoms with E-state index in [1.807, 2.05) is 30.3 Å².